The van der Waals surface area contributed by atoms with E-state index in [0.717, 1.165) is 0 Å². The zero-order valence-corrected chi connectivity index (χ0v) is 12.5. The predicted octanol–water partition coefficient (Wildman–Crippen LogP) is 5.45. The number of nitrogens with zero attached hydrogens (tertiary/aromatic N) is 1. The van der Waals surface area contributed by atoms with E-state index in [4.69, 9.17) is 16.3 Å². The standard InChI is InChI=1S/C16H10ClF4NO/c1-23-14-4-2-3-13-10(14)5-6-22(13)15-11(17)7-9(8-12(15)18)16(19,20)21/h2-8H,1H3. The number of aromatic nitrogens is 1. The van der Waals surface area contributed by atoms with Gasteiger partial charge in [-0.2, -0.15) is 13.2 Å². The van der Waals surface area contributed by atoms with Crippen LogP contribution in [-0.2, 0) is 6.18 Å². The lowest BCUT2D eigenvalue weighted by atomic mass is 10.1. The molecule has 0 aliphatic rings. The second kappa shape index (κ2) is 5.45. The summed E-state index contributed by atoms with van der Waals surface area (Å²) >= 11 is 5.91. The first-order valence-electron chi connectivity index (χ1n) is 6.53. The molecule has 0 aliphatic heterocycles. The summed E-state index contributed by atoms with van der Waals surface area (Å²) in [6.07, 6.45) is -3.13. The highest BCUT2D eigenvalue weighted by Crippen LogP contribution is 2.37. The van der Waals surface area contributed by atoms with Crippen molar-refractivity contribution in [3.05, 3.63) is 59.0 Å². The van der Waals surface area contributed by atoms with Gasteiger partial charge in [0.05, 0.1) is 23.2 Å². The maximum absolute atomic E-state index is 14.3. The van der Waals surface area contributed by atoms with Gasteiger partial charge in [0.25, 0.3) is 0 Å². The predicted molar refractivity (Wildman–Crippen MR) is 79.8 cm³/mol. The van der Waals surface area contributed by atoms with Crippen LogP contribution in [0.3, 0.4) is 0 Å². The Bertz CT molecular complexity index is 862. The summed E-state index contributed by atoms with van der Waals surface area (Å²) in [5.74, 6) is -0.477. The third-order valence-electron chi connectivity index (χ3n) is 3.50. The van der Waals surface area contributed by atoms with Crippen LogP contribution >= 0.6 is 11.6 Å². The van der Waals surface area contributed by atoms with Crippen LogP contribution in [0.2, 0.25) is 5.02 Å². The molecule has 2 nitrogen and oxygen atoms in total. The van der Waals surface area contributed by atoms with E-state index in [0.29, 0.717) is 28.8 Å². The van der Waals surface area contributed by atoms with Crippen molar-refractivity contribution in [3.63, 3.8) is 0 Å². The highest BCUT2D eigenvalue weighted by Gasteiger charge is 2.32. The van der Waals surface area contributed by atoms with E-state index < -0.39 is 17.6 Å². The smallest absolute Gasteiger partial charge is 0.416 e. The third-order valence-corrected chi connectivity index (χ3v) is 3.79. The van der Waals surface area contributed by atoms with E-state index in [2.05, 4.69) is 0 Å². The van der Waals surface area contributed by atoms with Gasteiger partial charge in [0.15, 0.2) is 0 Å². The molecule has 1 aromatic heterocycles. The summed E-state index contributed by atoms with van der Waals surface area (Å²) in [4.78, 5) is 0. The molecule has 0 fully saturated rings. The van der Waals surface area contributed by atoms with Crippen LogP contribution < -0.4 is 4.74 Å². The van der Waals surface area contributed by atoms with Gasteiger partial charge in [-0.15, -0.1) is 0 Å². The number of fused-ring (bicyclic) bond motifs is 1. The molecule has 7 heteroatoms. The second-order valence-corrected chi connectivity index (χ2v) is 5.27. The first kappa shape index (κ1) is 15.7. The Labute approximate surface area is 133 Å². The highest BCUT2D eigenvalue weighted by molar-refractivity contribution is 6.32. The van der Waals surface area contributed by atoms with E-state index in [9.17, 15) is 17.6 Å². The van der Waals surface area contributed by atoms with Crippen molar-refractivity contribution >= 4 is 22.5 Å². The van der Waals surface area contributed by atoms with Crippen LogP contribution in [0.15, 0.2) is 42.6 Å². The minimum absolute atomic E-state index is 0.136. The number of benzene rings is 2. The van der Waals surface area contributed by atoms with Crippen LogP contribution in [0, 0.1) is 5.82 Å². The molecule has 120 valence electrons. The van der Waals surface area contributed by atoms with Crippen LogP contribution in [0.1, 0.15) is 5.56 Å². The van der Waals surface area contributed by atoms with Crippen LogP contribution in [0.25, 0.3) is 16.6 Å². The summed E-state index contributed by atoms with van der Waals surface area (Å²) in [6.45, 7) is 0. The number of hydrogen-bond acceptors (Lipinski definition) is 1. The first-order valence-corrected chi connectivity index (χ1v) is 6.91. The van der Waals surface area contributed by atoms with Crippen molar-refractivity contribution in [2.24, 2.45) is 0 Å². The van der Waals surface area contributed by atoms with Gasteiger partial charge >= 0.3 is 6.18 Å². The Balaban J connectivity index is 2.24. The Kier molecular flexibility index (Phi) is 3.72. The molecule has 2 aromatic carbocycles. The topological polar surface area (TPSA) is 14.2 Å². The number of alkyl halides is 3. The maximum Gasteiger partial charge on any atom is 0.416 e. The quantitative estimate of drug-likeness (QED) is 0.564. The molecule has 23 heavy (non-hydrogen) atoms. The van der Waals surface area contributed by atoms with Gasteiger partial charge < -0.3 is 9.30 Å². The van der Waals surface area contributed by atoms with Crippen molar-refractivity contribution in [1.82, 2.24) is 4.57 Å². The van der Waals surface area contributed by atoms with Crippen LogP contribution in [-0.4, -0.2) is 11.7 Å². The van der Waals surface area contributed by atoms with E-state index in [1.807, 2.05) is 0 Å². The third kappa shape index (κ3) is 2.63. The largest absolute Gasteiger partial charge is 0.496 e. The summed E-state index contributed by atoms with van der Waals surface area (Å²) in [5.41, 5.74) is -0.689. The van der Waals surface area contributed by atoms with Gasteiger partial charge in [-0.3, -0.25) is 0 Å². The van der Waals surface area contributed by atoms with E-state index >= 15 is 0 Å². The zero-order valence-electron chi connectivity index (χ0n) is 11.8. The monoisotopic (exact) mass is 343 g/mol. The molecule has 0 bridgehead atoms. The molecule has 3 aromatic rings. The zero-order chi connectivity index (χ0) is 16.8. The lowest BCUT2D eigenvalue weighted by Gasteiger charge is -2.13. The van der Waals surface area contributed by atoms with Crippen LogP contribution in [0.4, 0.5) is 17.6 Å². The molecule has 0 spiro atoms. The summed E-state index contributed by atoms with van der Waals surface area (Å²) < 4.78 is 59.1. The molecule has 0 saturated carbocycles. The number of hydrogen-bond donors (Lipinski definition) is 0. The van der Waals surface area contributed by atoms with Gasteiger partial charge in [0.2, 0.25) is 0 Å². The lowest BCUT2D eigenvalue weighted by molar-refractivity contribution is -0.137. The minimum atomic E-state index is -4.66. The Morgan fingerprint density at radius 1 is 1.13 bits per heavy atom. The normalized spacial score (nSPS) is 11.9. The molecule has 0 amide bonds. The molecule has 0 atom stereocenters. The fraction of sp³-hybridized carbons (Fsp3) is 0.125. The summed E-state index contributed by atoms with van der Waals surface area (Å²) in [5, 5.41) is 0.378. The fourth-order valence-electron chi connectivity index (χ4n) is 2.47. The Morgan fingerprint density at radius 2 is 1.87 bits per heavy atom. The van der Waals surface area contributed by atoms with Gasteiger partial charge in [-0.25, -0.2) is 4.39 Å². The maximum atomic E-state index is 14.3. The molecular formula is C16H10ClF4NO. The average molecular weight is 344 g/mol. The van der Waals surface area contributed by atoms with Crippen molar-refractivity contribution in [2.75, 3.05) is 7.11 Å². The van der Waals surface area contributed by atoms with E-state index in [1.54, 1.807) is 24.3 Å². The van der Waals surface area contributed by atoms with Crippen molar-refractivity contribution in [1.29, 1.82) is 0 Å². The lowest BCUT2D eigenvalue weighted by Crippen LogP contribution is -2.07. The van der Waals surface area contributed by atoms with Crippen molar-refractivity contribution < 1.29 is 22.3 Å². The molecule has 1 heterocycles. The highest BCUT2D eigenvalue weighted by atomic mass is 35.5. The molecular weight excluding hydrogens is 334 g/mol. The van der Waals surface area contributed by atoms with Crippen molar-refractivity contribution in [2.45, 2.75) is 6.18 Å². The molecule has 0 radical (unpaired) electrons. The SMILES string of the molecule is COc1cccc2c1ccn2-c1c(F)cc(C(F)(F)F)cc1Cl. The summed E-state index contributed by atoms with van der Waals surface area (Å²) in [6, 6.07) is 7.97. The van der Waals surface area contributed by atoms with Gasteiger partial charge in [0.1, 0.15) is 17.3 Å². The van der Waals surface area contributed by atoms with Gasteiger partial charge in [0, 0.05) is 11.6 Å². The average Bonchev–Trinajstić information content (AvgIpc) is 2.89. The molecule has 0 unspecified atom stereocenters. The van der Waals surface area contributed by atoms with Gasteiger partial charge in [-0.1, -0.05) is 17.7 Å². The number of ether oxygens (including phenoxy) is 1. The number of rotatable bonds is 2. The first-order chi connectivity index (χ1) is 10.8. The Morgan fingerprint density at radius 3 is 2.48 bits per heavy atom. The fourth-order valence-corrected chi connectivity index (χ4v) is 2.77. The van der Waals surface area contributed by atoms with Gasteiger partial charge in [-0.05, 0) is 30.3 Å². The van der Waals surface area contributed by atoms with Crippen LogP contribution in [0.5, 0.6) is 5.75 Å². The van der Waals surface area contributed by atoms with E-state index in [1.165, 1.54) is 17.9 Å². The molecule has 0 N–H and O–H groups in total. The summed E-state index contributed by atoms with van der Waals surface area (Å²) in [7, 11) is 1.50. The van der Waals surface area contributed by atoms with Crippen molar-refractivity contribution in [3.8, 4) is 11.4 Å². The Hall–Kier alpha value is -2.21. The molecule has 0 aliphatic carbocycles. The minimum Gasteiger partial charge on any atom is -0.496 e. The molecule has 0 saturated heterocycles. The molecule has 3 rings (SSSR count). The number of methoxy groups -OCH3 is 1. The second-order valence-electron chi connectivity index (χ2n) is 4.87. The number of halogens is 5. The van der Waals surface area contributed by atoms with E-state index in [-0.39, 0.29) is 10.7 Å².